The van der Waals surface area contributed by atoms with E-state index in [1.54, 1.807) is 0 Å². The molecule has 0 saturated heterocycles. The number of anilines is 6. The van der Waals surface area contributed by atoms with Crippen molar-refractivity contribution >= 4 is 143 Å². The van der Waals surface area contributed by atoms with Gasteiger partial charge in [0.05, 0.1) is 11.4 Å². The molecule has 6 heteroatoms. The van der Waals surface area contributed by atoms with E-state index in [1.165, 1.54) is 11.1 Å². The summed E-state index contributed by atoms with van der Waals surface area (Å²) in [6.07, 6.45) is 0. The van der Waals surface area contributed by atoms with Crippen LogP contribution >= 0.6 is 0 Å². The molecule has 13 aromatic carbocycles. The van der Waals surface area contributed by atoms with Crippen LogP contribution in [0.3, 0.4) is 0 Å². The van der Waals surface area contributed by atoms with Crippen LogP contribution < -0.4 is 9.80 Å². The van der Waals surface area contributed by atoms with Crippen molar-refractivity contribution in [3.63, 3.8) is 0 Å². The SMILES string of the molecule is CC(C)(C)c1cccc2c1oc1c(N(c3ccccc3)c3ccc4cc5c(cc4c3)oc3c(-c4ccccc4)c(-c4ccccc4)c4oc6cc7cc(N(c8ccccc8)c8cccc9c8oc8c(C(C)(C)C)cccc89)ccc7cc6c4c35)cccc12. The summed E-state index contributed by atoms with van der Waals surface area (Å²) in [4.78, 5) is 4.64. The van der Waals surface area contributed by atoms with E-state index in [-0.39, 0.29) is 10.8 Å². The van der Waals surface area contributed by atoms with Gasteiger partial charge in [-0.05, 0) is 128 Å². The van der Waals surface area contributed by atoms with Crippen LogP contribution in [0.25, 0.3) is 132 Å². The minimum atomic E-state index is -0.105. The smallest absolute Gasteiger partial charge is 0.159 e. The Kier molecular flexibility index (Phi) is 11.3. The standard InChI is InChI=1S/C82H60N2O4/c1-81(2,3)65-35-19-31-59-61-33-21-37-67(77(61)87-75(59)65)83(55-27-15-9-16-28-55)57-41-39-51-45-63-69(47-53(51)43-57)85-79-71(49-23-11-7-12-24-49)72(50-25-13-8-14-26-50)80-74(73(63)79)64-46-52-40-42-58(44-54(52)48-70(64)86-80)84(56-29-17-10-18-30-56)68-38-22-34-62-60-32-20-36-66(82(4,5)6)76(60)88-78(62)68/h7-48H,1-6H3. The third kappa shape index (κ3) is 8.02. The molecule has 0 saturated carbocycles. The summed E-state index contributed by atoms with van der Waals surface area (Å²) in [7, 11) is 0. The zero-order chi connectivity index (χ0) is 59.2. The molecule has 0 atom stereocenters. The lowest BCUT2D eigenvalue weighted by atomic mass is 9.86. The molecule has 4 heterocycles. The van der Waals surface area contributed by atoms with Crippen molar-refractivity contribution < 1.29 is 17.7 Å². The van der Waals surface area contributed by atoms with Crippen LogP contribution in [-0.4, -0.2) is 0 Å². The molecular formula is C82H60N2O4. The number of para-hydroxylation sites is 6. The van der Waals surface area contributed by atoms with Crippen molar-refractivity contribution in [1.82, 2.24) is 0 Å². The average Bonchev–Trinajstić information content (AvgIpc) is 1.54. The van der Waals surface area contributed by atoms with Gasteiger partial charge in [-0.15, -0.1) is 0 Å². The molecule has 6 nitrogen and oxygen atoms in total. The fraction of sp³-hybridized carbons (Fsp3) is 0.0976. The lowest BCUT2D eigenvalue weighted by Crippen LogP contribution is -2.11. The van der Waals surface area contributed by atoms with E-state index in [2.05, 4.69) is 306 Å². The molecule has 0 unspecified atom stereocenters. The van der Waals surface area contributed by atoms with Gasteiger partial charge in [-0.25, -0.2) is 0 Å². The van der Waals surface area contributed by atoms with Crippen molar-refractivity contribution in [2.75, 3.05) is 9.80 Å². The minimum Gasteiger partial charge on any atom is -0.455 e. The first-order valence-corrected chi connectivity index (χ1v) is 30.4. The number of benzene rings is 13. The number of rotatable bonds is 8. The van der Waals surface area contributed by atoms with Crippen molar-refractivity contribution in [3.05, 3.63) is 266 Å². The second-order valence-corrected chi connectivity index (χ2v) is 25.6. The zero-order valence-corrected chi connectivity index (χ0v) is 49.8. The van der Waals surface area contributed by atoms with Gasteiger partial charge in [0.15, 0.2) is 11.2 Å². The molecule has 0 aliphatic rings. The molecule has 0 bridgehead atoms. The van der Waals surface area contributed by atoms with Gasteiger partial charge >= 0.3 is 0 Å². The molecule has 0 fully saturated rings. The maximum atomic E-state index is 7.44. The predicted molar refractivity (Wildman–Crippen MR) is 368 cm³/mol. The van der Waals surface area contributed by atoms with Crippen LogP contribution in [0.5, 0.6) is 0 Å². The minimum absolute atomic E-state index is 0.105. The number of furan rings is 4. The van der Waals surface area contributed by atoms with E-state index in [9.17, 15) is 0 Å². The van der Waals surface area contributed by atoms with Gasteiger partial charge in [-0.2, -0.15) is 0 Å². The molecule has 0 amide bonds. The van der Waals surface area contributed by atoms with Crippen LogP contribution in [0, 0.1) is 0 Å². The van der Waals surface area contributed by atoms with Gasteiger partial charge in [0.1, 0.15) is 33.5 Å². The highest BCUT2D eigenvalue weighted by Crippen LogP contribution is 2.53. The average molecular weight is 1140 g/mol. The molecule has 17 aromatic rings. The van der Waals surface area contributed by atoms with E-state index < -0.39 is 0 Å². The molecule has 88 heavy (non-hydrogen) atoms. The Labute approximate surface area is 508 Å². The maximum Gasteiger partial charge on any atom is 0.159 e. The van der Waals surface area contributed by atoms with Crippen molar-refractivity contribution in [2.24, 2.45) is 0 Å². The van der Waals surface area contributed by atoms with E-state index in [1.807, 2.05) is 0 Å². The molecule has 422 valence electrons. The lowest BCUT2D eigenvalue weighted by Gasteiger charge is -2.26. The molecule has 4 aromatic heterocycles. The van der Waals surface area contributed by atoms with E-state index in [0.717, 1.165) is 166 Å². The fourth-order valence-corrected chi connectivity index (χ4v) is 13.9. The molecule has 0 aliphatic heterocycles. The summed E-state index contributed by atoms with van der Waals surface area (Å²) in [5, 5.41) is 12.8. The van der Waals surface area contributed by atoms with E-state index in [4.69, 9.17) is 17.7 Å². The van der Waals surface area contributed by atoms with Gasteiger partial charge in [0, 0.05) is 88.1 Å². The molecule has 17 rings (SSSR count). The Hall–Kier alpha value is -10.8. The summed E-state index contributed by atoms with van der Waals surface area (Å²) in [5.41, 5.74) is 18.9. The topological polar surface area (TPSA) is 59.0 Å². The van der Waals surface area contributed by atoms with Gasteiger partial charge in [-0.1, -0.05) is 211 Å². The quantitative estimate of drug-likeness (QED) is 0.151. The van der Waals surface area contributed by atoms with E-state index >= 15 is 0 Å². The van der Waals surface area contributed by atoms with Gasteiger partial charge in [0.2, 0.25) is 0 Å². The van der Waals surface area contributed by atoms with Crippen molar-refractivity contribution in [1.29, 1.82) is 0 Å². The highest BCUT2D eigenvalue weighted by Gasteiger charge is 2.30. The first kappa shape index (κ1) is 51.6. The number of nitrogens with zero attached hydrogens (tertiary/aromatic N) is 2. The first-order chi connectivity index (χ1) is 42.9. The Balaban J connectivity index is 0.882. The van der Waals surface area contributed by atoms with Crippen LogP contribution in [0.2, 0.25) is 0 Å². The third-order valence-corrected chi connectivity index (χ3v) is 18.0. The molecule has 0 radical (unpaired) electrons. The fourth-order valence-electron chi connectivity index (χ4n) is 13.9. The zero-order valence-electron chi connectivity index (χ0n) is 49.8. The van der Waals surface area contributed by atoms with Crippen molar-refractivity contribution in [2.45, 2.75) is 52.4 Å². The summed E-state index contributed by atoms with van der Waals surface area (Å²) in [6.45, 7) is 13.5. The van der Waals surface area contributed by atoms with Crippen LogP contribution in [0.1, 0.15) is 52.7 Å². The summed E-state index contributed by atoms with van der Waals surface area (Å²) in [6, 6.07) is 91.1. The predicted octanol–water partition coefficient (Wildman–Crippen LogP) is 24.5. The van der Waals surface area contributed by atoms with Gasteiger partial charge in [-0.3, -0.25) is 0 Å². The largest absolute Gasteiger partial charge is 0.455 e. The Bertz CT molecular complexity index is 5290. The second kappa shape index (κ2) is 19.3. The summed E-state index contributed by atoms with van der Waals surface area (Å²) >= 11 is 0. The van der Waals surface area contributed by atoms with E-state index in [0.29, 0.717) is 0 Å². The monoisotopic (exact) mass is 1140 g/mol. The highest BCUT2D eigenvalue weighted by atomic mass is 16.3. The summed E-state index contributed by atoms with van der Waals surface area (Å²) < 4.78 is 28.9. The molecule has 0 spiro atoms. The maximum absolute atomic E-state index is 7.44. The Morgan fingerprint density at radius 3 is 1.01 bits per heavy atom. The molecule has 0 aliphatic carbocycles. The Morgan fingerprint density at radius 2 is 0.625 bits per heavy atom. The van der Waals surface area contributed by atoms with Crippen LogP contribution in [0.15, 0.2) is 272 Å². The first-order valence-electron chi connectivity index (χ1n) is 30.4. The highest BCUT2D eigenvalue weighted by molar-refractivity contribution is 6.33. The Morgan fingerprint density at radius 1 is 0.261 bits per heavy atom. The number of fused-ring (bicyclic) bond motifs is 15. The second-order valence-electron chi connectivity index (χ2n) is 25.6. The molecule has 0 N–H and O–H groups in total. The van der Waals surface area contributed by atoms with Gasteiger partial charge in [0.25, 0.3) is 0 Å². The lowest BCUT2D eigenvalue weighted by molar-refractivity contribution is 0.572. The van der Waals surface area contributed by atoms with Crippen LogP contribution in [0.4, 0.5) is 34.1 Å². The third-order valence-electron chi connectivity index (χ3n) is 18.0. The number of hydrogen-bond acceptors (Lipinski definition) is 6. The number of hydrogen-bond donors (Lipinski definition) is 0. The van der Waals surface area contributed by atoms with Crippen LogP contribution in [-0.2, 0) is 10.8 Å². The molecular weight excluding hydrogens is 1080 g/mol. The van der Waals surface area contributed by atoms with Gasteiger partial charge < -0.3 is 27.5 Å². The normalized spacial score (nSPS) is 12.4. The summed E-state index contributed by atoms with van der Waals surface area (Å²) in [5.74, 6) is 0. The van der Waals surface area contributed by atoms with Crippen molar-refractivity contribution in [3.8, 4) is 22.3 Å².